The first kappa shape index (κ1) is 10.7. The SMILES string of the molecule is N[C@@H](c1ccc(CO)o1)C1CCOCC1. The molecule has 0 aliphatic carbocycles. The smallest absolute Gasteiger partial charge is 0.129 e. The molecular formula is C11H17NO3. The summed E-state index contributed by atoms with van der Waals surface area (Å²) in [6.45, 7) is 1.50. The average molecular weight is 211 g/mol. The van der Waals surface area contributed by atoms with Crippen LogP contribution in [0.1, 0.15) is 30.4 Å². The highest BCUT2D eigenvalue weighted by atomic mass is 16.5. The maximum absolute atomic E-state index is 8.89. The number of rotatable bonds is 3. The minimum absolute atomic E-state index is 0.0690. The zero-order valence-corrected chi connectivity index (χ0v) is 8.69. The van der Waals surface area contributed by atoms with Gasteiger partial charge in [0, 0.05) is 13.2 Å². The highest BCUT2D eigenvalue weighted by molar-refractivity contribution is 5.10. The lowest BCUT2D eigenvalue weighted by Crippen LogP contribution is -2.27. The Kier molecular flexibility index (Phi) is 3.41. The van der Waals surface area contributed by atoms with Gasteiger partial charge >= 0.3 is 0 Å². The Bertz CT molecular complexity index is 305. The van der Waals surface area contributed by atoms with Crippen LogP contribution >= 0.6 is 0 Å². The number of aliphatic hydroxyl groups is 1. The van der Waals surface area contributed by atoms with Crippen molar-refractivity contribution >= 4 is 0 Å². The molecule has 1 aliphatic rings. The van der Waals surface area contributed by atoms with E-state index in [0.717, 1.165) is 31.8 Å². The lowest BCUT2D eigenvalue weighted by molar-refractivity contribution is 0.0556. The molecule has 0 aromatic carbocycles. The summed E-state index contributed by atoms with van der Waals surface area (Å²) in [6.07, 6.45) is 1.96. The van der Waals surface area contributed by atoms with E-state index in [4.69, 9.17) is 20.0 Å². The van der Waals surface area contributed by atoms with Gasteiger partial charge in [-0.25, -0.2) is 0 Å². The van der Waals surface area contributed by atoms with Crippen LogP contribution in [0, 0.1) is 5.92 Å². The Morgan fingerprint density at radius 2 is 2.13 bits per heavy atom. The second-order valence-electron chi connectivity index (χ2n) is 3.94. The topological polar surface area (TPSA) is 68.6 Å². The number of ether oxygens (including phenoxy) is 1. The van der Waals surface area contributed by atoms with Gasteiger partial charge in [0.15, 0.2) is 0 Å². The number of hydrogen-bond acceptors (Lipinski definition) is 4. The van der Waals surface area contributed by atoms with Gasteiger partial charge in [0.2, 0.25) is 0 Å². The van der Waals surface area contributed by atoms with Crippen LogP contribution in [-0.4, -0.2) is 18.3 Å². The molecule has 84 valence electrons. The van der Waals surface area contributed by atoms with Crippen LogP contribution in [-0.2, 0) is 11.3 Å². The first-order chi connectivity index (χ1) is 7.31. The molecule has 1 fully saturated rings. The minimum atomic E-state index is -0.0748. The number of hydrogen-bond donors (Lipinski definition) is 2. The van der Waals surface area contributed by atoms with Gasteiger partial charge in [0.05, 0.1) is 6.04 Å². The fourth-order valence-electron chi connectivity index (χ4n) is 1.97. The Balaban J connectivity index is 2.02. The summed E-state index contributed by atoms with van der Waals surface area (Å²) in [5, 5.41) is 8.89. The zero-order chi connectivity index (χ0) is 10.7. The summed E-state index contributed by atoms with van der Waals surface area (Å²) in [5.41, 5.74) is 6.11. The number of furan rings is 1. The molecule has 2 heterocycles. The van der Waals surface area contributed by atoms with Crippen LogP contribution in [0.4, 0.5) is 0 Å². The number of nitrogens with two attached hydrogens (primary N) is 1. The van der Waals surface area contributed by atoms with E-state index in [9.17, 15) is 0 Å². The second-order valence-corrected chi connectivity index (χ2v) is 3.94. The first-order valence-corrected chi connectivity index (χ1v) is 5.34. The van der Waals surface area contributed by atoms with Gasteiger partial charge in [-0.05, 0) is 30.9 Å². The standard InChI is InChI=1S/C11H17NO3/c12-11(8-3-5-14-6-4-8)10-2-1-9(7-13)15-10/h1-2,8,11,13H,3-7,12H2/t11-/m1/s1. The van der Waals surface area contributed by atoms with Crippen molar-refractivity contribution in [1.29, 1.82) is 0 Å². The Hall–Kier alpha value is -0.840. The van der Waals surface area contributed by atoms with Crippen LogP contribution in [0.15, 0.2) is 16.5 Å². The summed E-state index contributed by atoms with van der Waals surface area (Å²) in [7, 11) is 0. The highest BCUT2D eigenvalue weighted by Crippen LogP contribution is 2.28. The molecule has 2 rings (SSSR count). The van der Waals surface area contributed by atoms with Crippen molar-refractivity contribution in [2.24, 2.45) is 11.7 Å². The van der Waals surface area contributed by atoms with E-state index < -0.39 is 0 Å². The molecule has 1 aliphatic heterocycles. The van der Waals surface area contributed by atoms with E-state index in [1.165, 1.54) is 0 Å². The lowest BCUT2D eigenvalue weighted by Gasteiger charge is -2.26. The fraction of sp³-hybridized carbons (Fsp3) is 0.636. The fourth-order valence-corrected chi connectivity index (χ4v) is 1.97. The van der Waals surface area contributed by atoms with Crippen LogP contribution in [0.3, 0.4) is 0 Å². The van der Waals surface area contributed by atoms with Crippen molar-refractivity contribution < 1.29 is 14.3 Å². The largest absolute Gasteiger partial charge is 0.462 e. The highest BCUT2D eigenvalue weighted by Gasteiger charge is 2.24. The Labute approximate surface area is 89.0 Å². The Morgan fingerprint density at radius 3 is 2.73 bits per heavy atom. The van der Waals surface area contributed by atoms with Gasteiger partial charge in [-0.15, -0.1) is 0 Å². The molecule has 0 bridgehead atoms. The van der Waals surface area contributed by atoms with E-state index in [1.54, 1.807) is 6.07 Å². The van der Waals surface area contributed by atoms with Gasteiger partial charge in [-0.1, -0.05) is 0 Å². The van der Waals surface area contributed by atoms with Crippen molar-refractivity contribution in [3.8, 4) is 0 Å². The summed E-state index contributed by atoms with van der Waals surface area (Å²) >= 11 is 0. The van der Waals surface area contributed by atoms with Crippen LogP contribution in [0.2, 0.25) is 0 Å². The number of aliphatic hydroxyl groups excluding tert-OH is 1. The summed E-state index contributed by atoms with van der Waals surface area (Å²) in [6, 6.07) is 3.55. The first-order valence-electron chi connectivity index (χ1n) is 5.34. The van der Waals surface area contributed by atoms with Crippen molar-refractivity contribution in [3.63, 3.8) is 0 Å². The molecule has 4 heteroatoms. The molecule has 0 amide bonds. The van der Waals surface area contributed by atoms with Gasteiger partial charge in [-0.2, -0.15) is 0 Å². The van der Waals surface area contributed by atoms with E-state index in [1.807, 2.05) is 6.07 Å². The average Bonchev–Trinajstić information content (AvgIpc) is 2.78. The lowest BCUT2D eigenvalue weighted by atomic mass is 9.91. The minimum Gasteiger partial charge on any atom is -0.462 e. The maximum atomic E-state index is 8.89. The Morgan fingerprint density at radius 1 is 1.40 bits per heavy atom. The van der Waals surface area contributed by atoms with Gasteiger partial charge in [0.25, 0.3) is 0 Å². The van der Waals surface area contributed by atoms with Crippen molar-refractivity contribution in [2.45, 2.75) is 25.5 Å². The molecule has 1 saturated heterocycles. The molecule has 1 aromatic heterocycles. The van der Waals surface area contributed by atoms with E-state index in [0.29, 0.717) is 11.7 Å². The van der Waals surface area contributed by atoms with E-state index >= 15 is 0 Å². The van der Waals surface area contributed by atoms with Gasteiger partial charge in [0.1, 0.15) is 18.1 Å². The molecule has 3 N–H and O–H groups in total. The third kappa shape index (κ3) is 2.40. The van der Waals surface area contributed by atoms with Gasteiger partial charge < -0.3 is 20.0 Å². The van der Waals surface area contributed by atoms with Crippen molar-refractivity contribution in [1.82, 2.24) is 0 Å². The molecule has 4 nitrogen and oxygen atoms in total. The van der Waals surface area contributed by atoms with Crippen molar-refractivity contribution in [3.05, 3.63) is 23.7 Å². The van der Waals surface area contributed by atoms with Crippen molar-refractivity contribution in [2.75, 3.05) is 13.2 Å². The second kappa shape index (κ2) is 4.79. The molecule has 0 radical (unpaired) electrons. The zero-order valence-electron chi connectivity index (χ0n) is 8.69. The van der Waals surface area contributed by atoms with Crippen LogP contribution in [0.25, 0.3) is 0 Å². The predicted molar refractivity (Wildman–Crippen MR) is 55.1 cm³/mol. The third-order valence-corrected chi connectivity index (χ3v) is 2.94. The van der Waals surface area contributed by atoms with E-state index in [2.05, 4.69) is 0 Å². The summed E-state index contributed by atoms with van der Waals surface area (Å²) in [4.78, 5) is 0. The summed E-state index contributed by atoms with van der Waals surface area (Å²) < 4.78 is 10.7. The quantitative estimate of drug-likeness (QED) is 0.788. The molecule has 1 aromatic rings. The molecule has 1 atom stereocenters. The predicted octanol–water partition coefficient (Wildman–Crippen LogP) is 1.20. The van der Waals surface area contributed by atoms with Crippen LogP contribution < -0.4 is 5.73 Å². The third-order valence-electron chi connectivity index (χ3n) is 2.94. The summed E-state index contributed by atoms with van der Waals surface area (Å²) in [5.74, 6) is 1.77. The molecule has 0 spiro atoms. The maximum Gasteiger partial charge on any atom is 0.129 e. The van der Waals surface area contributed by atoms with Gasteiger partial charge in [-0.3, -0.25) is 0 Å². The normalized spacial score (nSPS) is 20.4. The van der Waals surface area contributed by atoms with Crippen LogP contribution in [0.5, 0.6) is 0 Å². The van der Waals surface area contributed by atoms with E-state index in [-0.39, 0.29) is 12.6 Å². The molecule has 15 heavy (non-hydrogen) atoms. The molecule has 0 saturated carbocycles. The monoisotopic (exact) mass is 211 g/mol. The molecular weight excluding hydrogens is 194 g/mol. The molecule has 0 unspecified atom stereocenters.